The van der Waals surface area contributed by atoms with Gasteiger partial charge in [0.25, 0.3) is 0 Å². The van der Waals surface area contributed by atoms with Crippen LogP contribution in [0.5, 0.6) is 5.75 Å². The van der Waals surface area contributed by atoms with Gasteiger partial charge in [0.1, 0.15) is 24.0 Å². The Hall–Kier alpha value is -2.43. The number of aryl methyl sites for hydroxylation is 1. The summed E-state index contributed by atoms with van der Waals surface area (Å²) in [7, 11) is -3.76. The fourth-order valence-corrected chi connectivity index (χ4v) is 4.18. The number of ether oxygens (including phenoxy) is 2. The van der Waals surface area contributed by atoms with Crippen LogP contribution in [0.25, 0.3) is 0 Å². The average molecular weight is 439 g/mol. The lowest BCUT2D eigenvalue weighted by Gasteiger charge is -2.09. The van der Waals surface area contributed by atoms with Gasteiger partial charge in [-0.05, 0) is 56.5 Å². The molecule has 8 nitrogen and oxygen atoms in total. The molecule has 2 aromatic rings. The van der Waals surface area contributed by atoms with Crippen LogP contribution in [0.4, 0.5) is 5.00 Å². The minimum atomic E-state index is -3.76. The van der Waals surface area contributed by atoms with Crippen molar-refractivity contribution in [3.63, 3.8) is 0 Å². The molecule has 29 heavy (non-hydrogen) atoms. The first-order valence-corrected chi connectivity index (χ1v) is 11.4. The molecule has 1 heterocycles. The van der Waals surface area contributed by atoms with Gasteiger partial charge in [0.05, 0.1) is 10.5 Å². The monoisotopic (exact) mass is 438 g/mol. The Morgan fingerprint density at radius 1 is 1.17 bits per heavy atom. The van der Waals surface area contributed by atoms with E-state index in [0.29, 0.717) is 16.3 Å². The summed E-state index contributed by atoms with van der Waals surface area (Å²) in [6.07, 6.45) is 1.76. The normalized spacial score (nSPS) is 13.8. The van der Waals surface area contributed by atoms with Gasteiger partial charge in [-0.1, -0.05) is 0 Å². The highest BCUT2D eigenvalue weighted by atomic mass is 32.2. The van der Waals surface area contributed by atoms with Gasteiger partial charge in [0.15, 0.2) is 0 Å². The van der Waals surface area contributed by atoms with Crippen LogP contribution >= 0.6 is 11.3 Å². The second-order valence-corrected chi connectivity index (χ2v) is 9.54. The molecule has 1 amide bonds. The summed E-state index contributed by atoms with van der Waals surface area (Å²) in [4.78, 5) is 25.5. The Morgan fingerprint density at radius 2 is 1.83 bits per heavy atom. The molecule has 1 aromatic carbocycles. The second kappa shape index (κ2) is 8.52. The summed E-state index contributed by atoms with van der Waals surface area (Å²) in [5.41, 5.74) is 1.16. The van der Waals surface area contributed by atoms with Crippen molar-refractivity contribution in [2.24, 2.45) is 11.1 Å². The van der Waals surface area contributed by atoms with Gasteiger partial charge in [-0.15, -0.1) is 11.3 Å². The minimum absolute atomic E-state index is 0.000117. The number of hydrogen-bond acceptors (Lipinski definition) is 7. The van der Waals surface area contributed by atoms with Crippen molar-refractivity contribution in [3.8, 4) is 5.75 Å². The summed E-state index contributed by atoms with van der Waals surface area (Å²) in [5, 5.41) is 8.39. The first kappa shape index (κ1) is 21.3. The SMILES string of the molecule is Cc1sc(NC(=O)C2CC2)c(C(=O)OCCOc2ccc(S(N)(=O)=O)cc2)c1C. The molecule has 0 unspecified atom stereocenters. The Bertz CT molecular complexity index is 1020. The predicted octanol–water partition coefficient (Wildman–Crippen LogP) is 2.60. The summed E-state index contributed by atoms with van der Waals surface area (Å²) in [6.45, 7) is 3.79. The Balaban J connectivity index is 1.55. The molecular formula is C19H22N2O6S2. The quantitative estimate of drug-likeness (QED) is 0.482. The van der Waals surface area contributed by atoms with E-state index in [1.165, 1.54) is 35.6 Å². The van der Waals surface area contributed by atoms with Crippen LogP contribution in [0.3, 0.4) is 0 Å². The maximum absolute atomic E-state index is 12.5. The Morgan fingerprint density at radius 3 is 2.41 bits per heavy atom. The van der Waals surface area contributed by atoms with Crippen molar-refractivity contribution in [2.45, 2.75) is 31.6 Å². The highest BCUT2D eigenvalue weighted by molar-refractivity contribution is 7.89. The van der Waals surface area contributed by atoms with Crippen molar-refractivity contribution in [3.05, 3.63) is 40.3 Å². The van der Waals surface area contributed by atoms with Crippen molar-refractivity contribution in [1.29, 1.82) is 0 Å². The zero-order chi connectivity index (χ0) is 21.2. The molecule has 156 valence electrons. The fraction of sp³-hybridized carbons (Fsp3) is 0.368. The zero-order valence-electron chi connectivity index (χ0n) is 16.1. The number of benzene rings is 1. The number of carbonyl (C=O) groups excluding carboxylic acids is 2. The van der Waals surface area contributed by atoms with Crippen LogP contribution in [-0.4, -0.2) is 33.5 Å². The van der Waals surface area contributed by atoms with E-state index in [4.69, 9.17) is 14.6 Å². The predicted molar refractivity (Wildman–Crippen MR) is 109 cm³/mol. The number of amides is 1. The number of thiophene rings is 1. The standard InChI is InChI=1S/C19H22N2O6S2/c1-11-12(2)28-18(21-17(22)13-3-4-13)16(11)19(23)27-10-9-26-14-5-7-15(8-6-14)29(20,24)25/h5-8,13H,3-4,9-10H2,1-2H3,(H,21,22)(H2,20,24,25). The van der Waals surface area contributed by atoms with Crippen LogP contribution in [0, 0.1) is 19.8 Å². The number of anilines is 1. The molecule has 0 aliphatic heterocycles. The lowest BCUT2D eigenvalue weighted by Crippen LogP contribution is -2.17. The second-order valence-electron chi connectivity index (χ2n) is 6.75. The third kappa shape index (κ3) is 5.34. The smallest absolute Gasteiger partial charge is 0.341 e. The molecule has 1 aliphatic rings. The number of carbonyl (C=O) groups is 2. The summed E-state index contributed by atoms with van der Waals surface area (Å²) >= 11 is 1.36. The van der Waals surface area contributed by atoms with Gasteiger partial charge < -0.3 is 14.8 Å². The van der Waals surface area contributed by atoms with Gasteiger partial charge in [0, 0.05) is 10.8 Å². The summed E-state index contributed by atoms with van der Waals surface area (Å²) in [6, 6.07) is 5.62. The van der Waals surface area contributed by atoms with Gasteiger partial charge in [-0.2, -0.15) is 0 Å². The first-order chi connectivity index (χ1) is 13.7. The topological polar surface area (TPSA) is 125 Å². The van der Waals surface area contributed by atoms with E-state index in [1.54, 1.807) is 0 Å². The highest BCUT2D eigenvalue weighted by Crippen LogP contribution is 2.36. The van der Waals surface area contributed by atoms with Crippen molar-refractivity contribution < 1.29 is 27.5 Å². The third-order valence-corrected chi connectivity index (χ3v) is 6.56. The van der Waals surface area contributed by atoms with Crippen molar-refractivity contribution >= 4 is 38.2 Å². The molecule has 0 bridgehead atoms. The van der Waals surface area contributed by atoms with E-state index in [1.807, 2.05) is 13.8 Å². The third-order valence-electron chi connectivity index (χ3n) is 4.51. The molecule has 0 spiro atoms. The number of esters is 1. The molecule has 0 atom stereocenters. The van der Waals surface area contributed by atoms with Gasteiger partial charge >= 0.3 is 5.97 Å². The van der Waals surface area contributed by atoms with Crippen LogP contribution in [0.1, 0.15) is 33.6 Å². The molecule has 3 rings (SSSR count). The van der Waals surface area contributed by atoms with Gasteiger partial charge in [-0.25, -0.2) is 18.4 Å². The van der Waals surface area contributed by atoms with E-state index in [9.17, 15) is 18.0 Å². The number of nitrogens with two attached hydrogens (primary N) is 1. The molecule has 1 fully saturated rings. The van der Waals surface area contributed by atoms with Crippen molar-refractivity contribution in [2.75, 3.05) is 18.5 Å². The highest BCUT2D eigenvalue weighted by Gasteiger charge is 2.31. The van der Waals surface area contributed by atoms with Crippen molar-refractivity contribution in [1.82, 2.24) is 0 Å². The number of rotatable bonds is 8. The largest absolute Gasteiger partial charge is 0.490 e. The van der Waals surface area contributed by atoms with E-state index >= 15 is 0 Å². The molecular weight excluding hydrogens is 416 g/mol. The first-order valence-electron chi connectivity index (χ1n) is 9.00. The van der Waals surface area contributed by atoms with Crippen LogP contribution in [0.2, 0.25) is 0 Å². The average Bonchev–Trinajstić information content (AvgIpc) is 3.46. The minimum Gasteiger partial charge on any atom is -0.490 e. The number of primary sulfonamides is 1. The van der Waals surface area contributed by atoms with Gasteiger partial charge in [-0.3, -0.25) is 4.79 Å². The van der Waals surface area contributed by atoms with E-state index in [2.05, 4.69) is 5.32 Å². The molecule has 10 heteroatoms. The van der Waals surface area contributed by atoms with E-state index < -0.39 is 16.0 Å². The van der Waals surface area contributed by atoms with Crippen LogP contribution < -0.4 is 15.2 Å². The van der Waals surface area contributed by atoms with Crippen LogP contribution in [-0.2, 0) is 19.6 Å². The number of nitrogens with one attached hydrogen (secondary N) is 1. The Labute approximate surface area is 173 Å². The number of sulfonamides is 1. The molecule has 1 saturated carbocycles. The van der Waals surface area contributed by atoms with E-state index in [-0.39, 0.29) is 29.9 Å². The van der Waals surface area contributed by atoms with Crippen LogP contribution in [0.15, 0.2) is 29.2 Å². The molecule has 1 aliphatic carbocycles. The molecule has 0 radical (unpaired) electrons. The van der Waals surface area contributed by atoms with Gasteiger partial charge in [0.2, 0.25) is 15.9 Å². The Kier molecular flexibility index (Phi) is 6.25. The summed E-state index contributed by atoms with van der Waals surface area (Å²) in [5.74, 6) is -0.123. The lowest BCUT2D eigenvalue weighted by atomic mass is 10.1. The molecule has 1 aromatic heterocycles. The summed E-state index contributed by atoms with van der Waals surface area (Å²) < 4.78 is 33.2. The fourth-order valence-electron chi connectivity index (χ4n) is 2.61. The maximum atomic E-state index is 12.5. The number of hydrogen-bond donors (Lipinski definition) is 2. The van der Waals surface area contributed by atoms with E-state index in [0.717, 1.165) is 23.3 Å². The molecule has 3 N–H and O–H groups in total. The lowest BCUT2D eigenvalue weighted by molar-refractivity contribution is -0.117. The zero-order valence-corrected chi connectivity index (χ0v) is 17.7. The molecule has 0 saturated heterocycles. The maximum Gasteiger partial charge on any atom is 0.341 e.